The van der Waals surface area contributed by atoms with Crippen LogP contribution in [-0.2, 0) is 15.7 Å². The minimum absolute atomic E-state index is 0.186. The SMILES string of the molecule is CCc1c(F)ccc2cc(C3CC(O)C3)cc(B3OC(C)(C)C(C)(C)O3)c12. The molecule has 0 atom stereocenters. The summed E-state index contributed by atoms with van der Waals surface area (Å²) in [5, 5.41) is 11.6. The Hall–Kier alpha value is -1.43. The molecule has 2 aromatic carbocycles. The lowest BCUT2D eigenvalue weighted by Crippen LogP contribution is -2.41. The topological polar surface area (TPSA) is 38.7 Å². The number of fused-ring (bicyclic) bond motifs is 1. The lowest BCUT2D eigenvalue weighted by Gasteiger charge is -2.32. The maximum atomic E-state index is 14.6. The Morgan fingerprint density at radius 2 is 1.74 bits per heavy atom. The number of halogens is 1. The first-order valence-corrected chi connectivity index (χ1v) is 9.91. The van der Waals surface area contributed by atoms with E-state index in [0.717, 1.165) is 29.1 Å². The Labute approximate surface area is 161 Å². The van der Waals surface area contributed by atoms with Gasteiger partial charge in [0, 0.05) is 0 Å². The molecule has 1 saturated carbocycles. The highest BCUT2D eigenvalue weighted by atomic mass is 19.1. The molecular formula is C22H28BFO3. The third kappa shape index (κ3) is 3.00. The van der Waals surface area contributed by atoms with Crippen LogP contribution >= 0.6 is 0 Å². The number of aliphatic hydroxyl groups is 1. The third-order valence-electron chi connectivity index (χ3n) is 6.67. The van der Waals surface area contributed by atoms with Gasteiger partial charge < -0.3 is 14.4 Å². The summed E-state index contributed by atoms with van der Waals surface area (Å²) in [4.78, 5) is 0. The van der Waals surface area contributed by atoms with Gasteiger partial charge in [0.15, 0.2) is 0 Å². The highest BCUT2D eigenvalue weighted by Gasteiger charge is 2.52. The zero-order chi connectivity index (χ0) is 19.6. The quantitative estimate of drug-likeness (QED) is 0.828. The van der Waals surface area contributed by atoms with E-state index >= 15 is 0 Å². The van der Waals surface area contributed by atoms with Crippen LogP contribution in [0, 0.1) is 5.82 Å². The zero-order valence-electron chi connectivity index (χ0n) is 16.8. The summed E-state index contributed by atoms with van der Waals surface area (Å²) in [6.07, 6.45) is 1.94. The molecule has 1 aliphatic carbocycles. The summed E-state index contributed by atoms with van der Waals surface area (Å²) >= 11 is 0. The number of aliphatic hydroxyl groups excluding tert-OH is 1. The number of rotatable bonds is 3. The normalized spacial score (nSPS) is 26.4. The van der Waals surface area contributed by atoms with Gasteiger partial charge in [-0.25, -0.2) is 4.39 Å². The van der Waals surface area contributed by atoms with Crippen LogP contribution in [0.1, 0.15) is 64.5 Å². The highest BCUT2D eigenvalue weighted by Crippen LogP contribution is 2.40. The van der Waals surface area contributed by atoms with Crippen molar-refractivity contribution < 1.29 is 18.8 Å². The van der Waals surface area contributed by atoms with Gasteiger partial charge in [-0.2, -0.15) is 0 Å². The number of hydrogen-bond acceptors (Lipinski definition) is 3. The van der Waals surface area contributed by atoms with Crippen LogP contribution in [0.5, 0.6) is 0 Å². The molecule has 1 saturated heterocycles. The zero-order valence-corrected chi connectivity index (χ0v) is 16.8. The lowest BCUT2D eigenvalue weighted by atomic mass is 9.70. The van der Waals surface area contributed by atoms with E-state index in [-0.39, 0.29) is 11.9 Å². The molecule has 4 rings (SSSR count). The van der Waals surface area contributed by atoms with Crippen molar-refractivity contribution >= 4 is 23.4 Å². The van der Waals surface area contributed by atoms with Gasteiger partial charge in [0.25, 0.3) is 0 Å². The van der Waals surface area contributed by atoms with E-state index < -0.39 is 18.3 Å². The molecule has 0 amide bonds. The van der Waals surface area contributed by atoms with E-state index in [1.165, 1.54) is 5.56 Å². The van der Waals surface area contributed by atoms with Crippen LogP contribution < -0.4 is 5.46 Å². The van der Waals surface area contributed by atoms with Gasteiger partial charge in [-0.15, -0.1) is 0 Å². The van der Waals surface area contributed by atoms with Crippen LogP contribution in [0.25, 0.3) is 10.8 Å². The van der Waals surface area contributed by atoms with Crippen LogP contribution in [0.3, 0.4) is 0 Å². The molecule has 1 aliphatic heterocycles. The van der Waals surface area contributed by atoms with E-state index in [0.29, 0.717) is 17.9 Å². The largest absolute Gasteiger partial charge is 0.495 e. The van der Waals surface area contributed by atoms with Gasteiger partial charge in [0.1, 0.15) is 5.82 Å². The van der Waals surface area contributed by atoms with Crippen LogP contribution in [0.15, 0.2) is 24.3 Å². The second-order valence-electron chi connectivity index (χ2n) is 9.00. The summed E-state index contributed by atoms with van der Waals surface area (Å²) in [6.45, 7) is 10.1. The summed E-state index contributed by atoms with van der Waals surface area (Å²) in [5.74, 6) is 0.148. The van der Waals surface area contributed by atoms with Crippen molar-refractivity contribution in [1.29, 1.82) is 0 Å². The van der Waals surface area contributed by atoms with Crippen molar-refractivity contribution in [3.63, 3.8) is 0 Å². The molecule has 0 bridgehead atoms. The monoisotopic (exact) mass is 370 g/mol. The summed E-state index contributed by atoms with van der Waals surface area (Å²) in [6, 6.07) is 7.64. The Morgan fingerprint density at radius 1 is 1.11 bits per heavy atom. The second-order valence-corrected chi connectivity index (χ2v) is 9.00. The van der Waals surface area contributed by atoms with Gasteiger partial charge in [-0.3, -0.25) is 0 Å². The maximum Gasteiger partial charge on any atom is 0.495 e. The molecule has 0 spiro atoms. The summed E-state index contributed by atoms with van der Waals surface area (Å²) in [7, 11) is -0.533. The minimum Gasteiger partial charge on any atom is -0.399 e. The molecular weight excluding hydrogens is 342 g/mol. The Morgan fingerprint density at radius 3 is 2.30 bits per heavy atom. The molecule has 2 aromatic rings. The number of hydrogen-bond donors (Lipinski definition) is 1. The molecule has 0 unspecified atom stereocenters. The summed E-state index contributed by atoms with van der Waals surface area (Å²) < 4.78 is 27.2. The van der Waals surface area contributed by atoms with Crippen molar-refractivity contribution in [2.45, 2.75) is 77.1 Å². The second kappa shape index (κ2) is 6.30. The average Bonchev–Trinajstić information content (AvgIpc) is 2.79. The molecule has 5 heteroatoms. The molecule has 144 valence electrons. The van der Waals surface area contributed by atoms with E-state index in [2.05, 4.69) is 12.1 Å². The molecule has 1 N–H and O–H groups in total. The standard InChI is InChI=1S/C22H28BFO3/c1-6-17-19(24)8-7-13-9-14(15-10-16(25)11-15)12-18(20(13)17)23-26-21(2,3)22(4,5)27-23/h7-9,12,15-16,25H,6,10-11H2,1-5H3. The first-order chi connectivity index (χ1) is 12.6. The predicted molar refractivity (Wildman–Crippen MR) is 107 cm³/mol. The Balaban J connectivity index is 1.90. The molecule has 2 aliphatic rings. The van der Waals surface area contributed by atoms with Gasteiger partial charge in [-0.1, -0.05) is 25.1 Å². The molecule has 2 fully saturated rings. The lowest BCUT2D eigenvalue weighted by molar-refractivity contribution is 0.00578. The van der Waals surface area contributed by atoms with E-state index in [4.69, 9.17) is 9.31 Å². The smallest absolute Gasteiger partial charge is 0.399 e. The van der Waals surface area contributed by atoms with Crippen molar-refractivity contribution in [2.75, 3.05) is 0 Å². The van der Waals surface area contributed by atoms with Gasteiger partial charge in [0.05, 0.1) is 17.3 Å². The highest BCUT2D eigenvalue weighted by molar-refractivity contribution is 6.65. The third-order valence-corrected chi connectivity index (χ3v) is 6.67. The molecule has 1 heterocycles. The Bertz CT molecular complexity index is 871. The average molecular weight is 370 g/mol. The molecule has 27 heavy (non-hydrogen) atoms. The minimum atomic E-state index is -0.533. The first-order valence-electron chi connectivity index (χ1n) is 9.91. The predicted octanol–water partition coefficient (Wildman–Crippen LogP) is 4.08. The van der Waals surface area contributed by atoms with Crippen molar-refractivity contribution in [3.8, 4) is 0 Å². The van der Waals surface area contributed by atoms with E-state index in [1.54, 1.807) is 6.07 Å². The Kier molecular flexibility index (Phi) is 4.41. The number of aryl methyl sites for hydroxylation is 1. The molecule has 0 aromatic heterocycles. The van der Waals surface area contributed by atoms with Gasteiger partial charge in [0.2, 0.25) is 0 Å². The maximum absolute atomic E-state index is 14.6. The van der Waals surface area contributed by atoms with Crippen molar-refractivity contribution in [1.82, 2.24) is 0 Å². The van der Waals surface area contributed by atoms with Crippen LogP contribution in [-0.4, -0.2) is 29.5 Å². The molecule has 3 nitrogen and oxygen atoms in total. The van der Waals surface area contributed by atoms with Gasteiger partial charge in [-0.05, 0) is 86.3 Å². The number of benzene rings is 2. The van der Waals surface area contributed by atoms with Crippen LogP contribution in [0.4, 0.5) is 4.39 Å². The summed E-state index contributed by atoms with van der Waals surface area (Å²) in [5.41, 5.74) is 1.88. The van der Waals surface area contributed by atoms with E-state index in [9.17, 15) is 9.50 Å². The first kappa shape index (κ1) is 18.9. The van der Waals surface area contributed by atoms with E-state index in [1.807, 2.05) is 40.7 Å². The van der Waals surface area contributed by atoms with Crippen LogP contribution in [0.2, 0.25) is 0 Å². The van der Waals surface area contributed by atoms with Crippen molar-refractivity contribution in [3.05, 3.63) is 41.2 Å². The van der Waals surface area contributed by atoms with Crippen molar-refractivity contribution in [2.24, 2.45) is 0 Å². The fourth-order valence-corrected chi connectivity index (χ4v) is 4.17. The molecule has 0 radical (unpaired) electrons. The fourth-order valence-electron chi connectivity index (χ4n) is 4.17. The fraction of sp³-hybridized carbons (Fsp3) is 0.545. The van der Waals surface area contributed by atoms with Gasteiger partial charge >= 0.3 is 7.12 Å².